The van der Waals surface area contributed by atoms with Crippen LogP contribution >= 0.6 is 0 Å². The number of nitrogens with one attached hydrogen (secondary N) is 3. The monoisotopic (exact) mass is 542 g/mol. The number of hydrogen-bond acceptors (Lipinski definition) is 5. The van der Waals surface area contributed by atoms with Gasteiger partial charge in [-0.2, -0.15) is 0 Å². The number of carbonyl (C=O) groups is 2. The van der Waals surface area contributed by atoms with E-state index in [0.29, 0.717) is 44.0 Å². The van der Waals surface area contributed by atoms with Crippen LogP contribution in [0.15, 0.2) is 78.9 Å². The Kier molecular flexibility index (Phi) is 10.7. The molecular formula is C33H42N4O3. The van der Waals surface area contributed by atoms with Crippen LogP contribution in [0.3, 0.4) is 0 Å². The van der Waals surface area contributed by atoms with Crippen molar-refractivity contribution in [2.24, 2.45) is 0 Å². The van der Waals surface area contributed by atoms with Crippen molar-refractivity contribution in [2.45, 2.75) is 57.6 Å². The summed E-state index contributed by atoms with van der Waals surface area (Å²) in [5.41, 5.74) is 4.31. The fourth-order valence-corrected chi connectivity index (χ4v) is 5.19. The molecule has 1 aliphatic heterocycles. The van der Waals surface area contributed by atoms with E-state index in [2.05, 4.69) is 47.1 Å². The van der Waals surface area contributed by atoms with Gasteiger partial charge >= 0.3 is 0 Å². The topological polar surface area (TPSA) is 93.7 Å². The zero-order valence-electron chi connectivity index (χ0n) is 23.6. The van der Waals surface area contributed by atoms with E-state index in [0.717, 1.165) is 36.3 Å². The number of benzene rings is 3. The molecule has 2 amide bonds. The first-order chi connectivity index (χ1) is 19.4. The fourth-order valence-electron chi connectivity index (χ4n) is 5.19. The van der Waals surface area contributed by atoms with Gasteiger partial charge in [0.1, 0.15) is 0 Å². The van der Waals surface area contributed by atoms with Gasteiger partial charge in [0, 0.05) is 43.0 Å². The SMILES string of the molecule is CCNc1cc(C(=O)N[C@@H](Cc2ccccc2)[C@H](O)CNCCC(C)c2ccccc2)cc(N2CCCC2=O)c1. The van der Waals surface area contributed by atoms with E-state index in [-0.39, 0.29) is 11.8 Å². The van der Waals surface area contributed by atoms with Crippen LogP contribution in [-0.2, 0) is 11.2 Å². The molecule has 0 aliphatic carbocycles. The molecule has 3 aromatic carbocycles. The largest absolute Gasteiger partial charge is 0.390 e. The Bertz CT molecular complexity index is 1230. The van der Waals surface area contributed by atoms with Gasteiger partial charge in [-0.05, 0) is 68.0 Å². The maximum absolute atomic E-state index is 13.6. The van der Waals surface area contributed by atoms with Crippen molar-refractivity contribution < 1.29 is 14.7 Å². The average molecular weight is 543 g/mol. The molecule has 7 heteroatoms. The molecule has 1 heterocycles. The zero-order valence-corrected chi connectivity index (χ0v) is 23.6. The van der Waals surface area contributed by atoms with E-state index >= 15 is 0 Å². The number of aliphatic hydroxyl groups is 1. The zero-order chi connectivity index (χ0) is 28.3. The average Bonchev–Trinajstić information content (AvgIpc) is 3.41. The standard InChI is InChI=1S/C33H42N4O3/c1-3-35-28-20-27(21-29(22-28)37-18-10-15-32(37)39)33(40)36-30(19-25-11-6-4-7-12-25)31(38)23-34-17-16-24(2)26-13-8-5-9-14-26/h4-9,11-14,20-22,24,30-31,34-35,38H,3,10,15-19,23H2,1-2H3,(H,36,40)/t24?,30-,31+/m0/s1. The van der Waals surface area contributed by atoms with Gasteiger partial charge in [0.05, 0.1) is 12.1 Å². The highest BCUT2D eigenvalue weighted by Crippen LogP contribution is 2.27. The van der Waals surface area contributed by atoms with Gasteiger partial charge in [-0.15, -0.1) is 0 Å². The Balaban J connectivity index is 1.44. The number of anilines is 2. The van der Waals surface area contributed by atoms with Crippen LogP contribution in [-0.4, -0.2) is 55.2 Å². The van der Waals surface area contributed by atoms with Gasteiger partial charge in [0.25, 0.3) is 5.91 Å². The van der Waals surface area contributed by atoms with E-state index in [1.54, 1.807) is 17.0 Å². The summed E-state index contributed by atoms with van der Waals surface area (Å²) in [4.78, 5) is 27.7. The summed E-state index contributed by atoms with van der Waals surface area (Å²) in [5, 5.41) is 21.0. The van der Waals surface area contributed by atoms with Crippen molar-refractivity contribution in [2.75, 3.05) is 36.4 Å². The van der Waals surface area contributed by atoms with Crippen LogP contribution < -0.4 is 20.9 Å². The number of aliphatic hydroxyl groups excluding tert-OH is 1. The number of carbonyl (C=O) groups excluding carboxylic acids is 2. The normalized spacial score (nSPS) is 15.5. The molecule has 0 saturated carbocycles. The summed E-state index contributed by atoms with van der Waals surface area (Å²) in [6.07, 6.45) is 2.00. The molecule has 4 rings (SSSR count). The van der Waals surface area contributed by atoms with Gasteiger partial charge in [-0.3, -0.25) is 9.59 Å². The lowest BCUT2D eigenvalue weighted by molar-refractivity contribution is -0.117. The van der Waals surface area contributed by atoms with Crippen molar-refractivity contribution in [1.29, 1.82) is 0 Å². The summed E-state index contributed by atoms with van der Waals surface area (Å²) >= 11 is 0. The lowest BCUT2D eigenvalue weighted by Gasteiger charge is -2.26. The van der Waals surface area contributed by atoms with Gasteiger partial charge in [0.15, 0.2) is 0 Å². The Morgan fingerprint density at radius 2 is 1.75 bits per heavy atom. The minimum atomic E-state index is -0.784. The third-order valence-corrected chi connectivity index (χ3v) is 7.50. The lowest BCUT2D eigenvalue weighted by atomic mass is 9.97. The van der Waals surface area contributed by atoms with E-state index < -0.39 is 12.1 Å². The van der Waals surface area contributed by atoms with Gasteiger partial charge in [-0.1, -0.05) is 67.6 Å². The van der Waals surface area contributed by atoms with E-state index in [1.165, 1.54) is 5.56 Å². The molecule has 40 heavy (non-hydrogen) atoms. The van der Waals surface area contributed by atoms with E-state index in [4.69, 9.17) is 0 Å². The summed E-state index contributed by atoms with van der Waals surface area (Å²) in [7, 11) is 0. The second-order valence-electron chi connectivity index (χ2n) is 10.6. The Hall–Kier alpha value is -3.68. The maximum Gasteiger partial charge on any atom is 0.251 e. The minimum absolute atomic E-state index is 0.0741. The van der Waals surface area contributed by atoms with Crippen LogP contribution in [0.1, 0.15) is 60.5 Å². The smallest absolute Gasteiger partial charge is 0.251 e. The first-order valence-corrected chi connectivity index (χ1v) is 14.4. The van der Waals surface area contributed by atoms with Crippen LogP contribution in [0, 0.1) is 0 Å². The highest BCUT2D eigenvalue weighted by molar-refractivity contribution is 6.00. The van der Waals surface area contributed by atoms with Crippen LogP contribution in [0.5, 0.6) is 0 Å². The van der Waals surface area contributed by atoms with Gasteiger partial charge < -0.3 is 26.0 Å². The van der Waals surface area contributed by atoms with Crippen molar-refractivity contribution in [1.82, 2.24) is 10.6 Å². The predicted octanol–water partition coefficient (Wildman–Crippen LogP) is 4.73. The molecule has 1 unspecified atom stereocenters. The second kappa shape index (κ2) is 14.6. The van der Waals surface area contributed by atoms with Crippen LogP contribution in [0.25, 0.3) is 0 Å². The molecule has 3 aromatic rings. The first kappa shape index (κ1) is 29.3. The molecule has 0 radical (unpaired) electrons. The van der Waals surface area contributed by atoms with Crippen molar-refractivity contribution in [3.05, 3.63) is 95.6 Å². The molecular weight excluding hydrogens is 500 g/mol. The van der Waals surface area contributed by atoms with Crippen LogP contribution in [0.4, 0.5) is 11.4 Å². The predicted molar refractivity (Wildman–Crippen MR) is 162 cm³/mol. The second-order valence-corrected chi connectivity index (χ2v) is 10.6. The van der Waals surface area contributed by atoms with E-state index in [1.807, 2.05) is 49.4 Å². The highest BCUT2D eigenvalue weighted by Gasteiger charge is 2.26. The highest BCUT2D eigenvalue weighted by atomic mass is 16.3. The molecule has 0 bridgehead atoms. The van der Waals surface area contributed by atoms with Gasteiger partial charge in [-0.25, -0.2) is 0 Å². The Morgan fingerprint density at radius 1 is 1.02 bits per heavy atom. The number of nitrogens with zero attached hydrogens (tertiary/aromatic N) is 1. The molecule has 212 valence electrons. The fraction of sp³-hybridized carbons (Fsp3) is 0.394. The summed E-state index contributed by atoms with van der Waals surface area (Å²) < 4.78 is 0. The molecule has 1 fully saturated rings. The van der Waals surface area contributed by atoms with Crippen molar-refractivity contribution in [3.8, 4) is 0 Å². The molecule has 0 spiro atoms. The van der Waals surface area contributed by atoms with Crippen molar-refractivity contribution in [3.63, 3.8) is 0 Å². The molecule has 1 saturated heterocycles. The number of amides is 2. The summed E-state index contributed by atoms with van der Waals surface area (Å²) in [5.74, 6) is 0.210. The van der Waals surface area contributed by atoms with Crippen molar-refractivity contribution >= 4 is 23.2 Å². The molecule has 3 atom stereocenters. The third-order valence-electron chi connectivity index (χ3n) is 7.50. The van der Waals surface area contributed by atoms with Gasteiger partial charge in [0.2, 0.25) is 5.91 Å². The minimum Gasteiger partial charge on any atom is -0.390 e. The number of rotatable bonds is 14. The summed E-state index contributed by atoms with van der Waals surface area (Å²) in [6.45, 7) is 6.67. The molecule has 7 nitrogen and oxygen atoms in total. The Labute approximate surface area is 238 Å². The Morgan fingerprint density at radius 3 is 2.42 bits per heavy atom. The van der Waals surface area contributed by atoms with Crippen LogP contribution in [0.2, 0.25) is 0 Å². The summed E-state index contributed by atoms with van der Waals surface area (Å²) in [6, 6.07) is 25.3. The molecule has 4 N–H and O–H groups in total. The first-order valence-electron chi connectivity index (χ1n) is 14.4. The molecule has 1 aliphatic rings. The van der Waals surface area contributed by atoms with E-state index in [9.17, 15) is 14.7 Å². The maximum atomic E-state index is 13.6. The molecule has 0 aromatic heterocycles. The lowest BCUT2D eigenvalue weighted by Crippen LogP contribution is -2.49. The number of hydrogen-bond donors (Lipinski definition) is 4. The quantitative estimate of drug-likeness (QED) is 0.221. The third kappa shape index (κ3) is 8.16.